The lowest BCUT2D eigenvalue weighted by atomic mass is 10.2. The van der Waals surface area contributed by atoms with Gasteiger partial charge in [0.2, 0.25) is 0 Å². The largest absolute Gasteiger partial charge is 0.312 e. The molecule has 3 nitrogen and oxygen atoms in total. The van der Waals surface area contributed by atoms with E-state index in [0.717, 1.165) is 19.5 Å². The van der Waals surface area contributed by atoms with E-state index in [9.17, 15) is 0 Å². The number of thioether (sulfide) groups is 1. The number of aromatic nitrogens is 2. The first kappa shape index (κ1) is 13.2. The number of benzene rings is 1. The van der Waals surface area contributed by atoms with Gasteiger partial charge in [-0.15, -0.1) is 11.8 Å². The van der Waals surface area contributed by atoms with Gasteiger partial charge in [-0.1, -0.05) is 12.1 Å². The fraction of sp³-hybridized carbons (Fsp3) is 0.357. The Morgan fingerprint density at radius 3 is 2.61 bits per heavy atom. The van der Waals surface area contributed by atoms with Crippen molar-refractivity contribution in [2.24, 2.45) is 7.05 Å². The molecular weight excluding hydrogens is 242 g/mol. The van der Waals surface area contributed by atoms with E-state index in [-0.39, 0.29) is 0 Å². The van der Waals surface area contributed by atoms with Crippen molar-refractivity contribution < 1.29 is 0 Å². The third-order valence-corrected chi connectivity index (χ3v) is 3.71. The minimum Gasteiger partial charge on any atom is -0.312 e. The molecule has 0 saturated carbocycles. The molecule has 0 aliphatic heterocycles. The molecule has 0 fully saturated rings. The Bertz CT molecular complexity index is 476. The minimum atomic E-state index is 0.923. The number of nitrogens with zero attached hydrogens (tertiary/aromatic N) is 2. The maximum absolute atomic E-state index is 4.16. The second kappa shape index (κ2) is 6.61. The van der Waals surface area contributed by atoms with Gasteiger partial charge < -0.3 is 5.32 Å². The Kier molecular flexibility index (Phi) is 4.84. The van der Waals surface area contributed by atoms with Crippen LogP contribution in [0.1, 0.15) is 11.3 Å². The highest BCUT2D eigenvalue weighted by molar-refractivity contribution is 7.98. The summed E-state index contributed by atoms with van der Waals surface area (Å²) in [7, 11) is 1.98. The van der Waals surface area contributed by atoms with Crippen LogP contribution in [0.2, 0.25) is 0 Å². The quantitative estimate of drug-likeness (QED) is 0.640. The van der Waals surface area contributed by atoms with Crippen LogP contribution in [-0.4, -0.2) is 22.6 Å². The summed E-state index contributed by atoms with van der Waals surface area (Å²) < 4.78 is 1.93. The fourth-order valence-electron chi connectivity index (χ4n) is 1.84. The third kappa shape index (κ3) is 3.62. The van der Waals surface area contributed by atoms with E-state index < -0.39 is 0 Å². The van der Waals surface area contributed by atoms with Gasteiger partial charge in [0.15, 0.2) is 0 Å². The van der Waals surface area contributed by atoms with Crippen LogP contribution < -0.4 is 5.32 Å². The molecule has 2 rings (SSSR count). The molecular formula is C14H19N3S. The van der Waals surface area contributed by atoms with Gasteiger partial charge in [0, 0.05) is 43.3 Å². The highest BCUT2D eigenvalue weighted by atomic mass is 32.2. The van der Waals surface area contributed by atoms with Crippen molar-refractivity contribution in [2.45, 2.75) is 17.9 Å². The van der Waals surface area contributed by atoms with Gasteiger partial charge in [-0.05, 0) is 30.0 Å². The van der Waals surface area contributed by atoms with Gasteiger partial charge in [0.25, 0.3) is 0 Å². The Morgan fingerprint density at radius 2 is 2.00 bits per heavy atom. The van der Waals surface area contributed by atoms with Crippen LogP contribution in [0.5, 0.6) is 0 Å². The molecule has 4 heteroatoms. The molecule has 0 atom stereocenters. The molecule has 1 aromatic carbocycles. The molecule has 0 spiro atoms. The van der Waals surface area contributed by atoms with Crippen molar-refractivity contribution in [2.75, 3.05) is 12.8 Å². The predicted octanol–water partition coefficient (Wildman–Crippen LogP) is 2.47. The van der Waals surface area contributed by atoms with E-state index in [0.29, 0.717) is 0 Å². The lowest BCUT2D eigenvalue weighted by molar-refractivity contribution is 0.643. The molecule has 0 saturated heterocycles. The van der Waals surface area contributed by atoms with Crippen LogP contribution in [0, 0.1) is 0 Å². The van der Waals surface area contributed by atoms with Gasteiger partial charge in [-0.2, -0.15) is 5.10 Å². The first-order valence-corrected chi connectivity index (χ1v) is 7.32. The number of aryl methyl sites for hydroxylation is 1. The summed E-state index contributed by atoms with van der Waals surface area (Å²) in [6, 6.07) is 10.8. The van der Waals surface area contributed by atoms with Crippen LogP contribution in [0.3, 0.4) is 0 Å². The Hall–Kier alpha value is -1.26. The van der Waals surface area contributed by atoms with Crippen LogP contribution in [0.4, 0.5) is 0 Å². The Labute approximate surface area is 113 Å². The highest BCUT2D eigenvalue weighted by Crippen LogP contribution is 2.14. The molecule has 1 heterocycles. The van der Waals surface area contributed by atoms with E-state index in [1.807, 2.05) is 17.9 Å². The van der Waals surface area contributed by atoms with E-state index in [1.165, 1.54) is 16.2 Å². The SMILES string of the molecule is CSc1ccc(CNCCc2ccnn2C)cc1. The van der Waals surface area contributed by atoms with Crippen molar-refractivity contribution in [1.82, 2.24) is 15.1 Å². The average Bonchev–Trinajstić information content (AvgIpc) is 2.81. The third-order valence-electron chi connectivity index (χ3n) is 2.97. The summed E-state index contributed by atoms with van der Waals surface area (Å²) in [6.45, 7) is 1.90. The second-order valence-electron chi connectivity index (χ2n) is 4.22. The molecule has 0 amide bonds. The minimum absolute atomic E-state index is 0.923. The summed E-state index contributed by atoms with van der Waals surface area (Å²) in [5, 5.41) is 7.62. The molecule has 96 valence electrons. The number of hydrogen-bond donors (Lipinski definition) is 1. The lowest BCUT2D eigenvalue weighted by Gasteiger charge is -2.06. The van der Waals surface area contributed by atoms with Gasteiger partial charge >= 0.3 is 0 Å². The molecule has 0 unspecified atom stereocenters. The molecule has 2 aromatic rings. The molecule has 0 bridgehead atoms. The van der Waals surface area contributed by atoms with Gasteiger partial charge in [-0.3, -0.25) is 4.68 Å². The van der Waals surface area contributed by atoms with Crippen LogP contribution in [-0.2, 0) is 20.0 Å². The topological polar surface area (TPSA) is 29.9 Å². The zero-order valence-electron chi connectivity index (χ0n) is 10.9. The zero-order chi connectivity index (χ0) is 12.8. The first-order valence-electron chi connectivity index (χ1n) is 6.10. The van der Waals surface area contributed by atoms with Crippen molar-refractivity contribution >= 4 is 11.8 Å². The second-order valence-corrected chi connectivity index (χ2v) is 5.10. The van der Waals surface area contributed by atoms with Crippen LogP contribution >= 0.6 is 11.8 Å². The normalized spacial score (nSPS) is 10.8. The standard InChI is InChI=1S/C14H19N3S/c1-17-13(8-10-16-17)7-9-15-11-12-3-5-14(18-2)6-4-12/h3-6,8,10,15H,7,9,11H2,1-2H3. The van der Waals surface area contributed by atoms with Crippen molar-refractivity contribution in [3.05, 3.63) is 47.8 Å². The van der Waals surface area contributed by atoms with E-state index >= 15 is 0 Å². The van der Waals surface area contributed by atoms with E-state index in [1.54, 1.807) is 11.8 Å². The lowest BCUT2D eigenvalue weighted by Crippen LogP contribution is -2.17. The summed E-state index contributed by atoms with van der Waals surface area (Å²) in [4.78, 5) is 1.31. The van der Waals surface area contributed by atoms with Crippen molar-refractivity contribution in [3.63, 3.8) is 0 Å². The van der Waals surface area contributed by atoms with Gasteiger partial charge in [0.05, 0.1) is 0 Å². The van der Waals surface area contributed by atoms with Crippen LogP contribution in [0.25, 0.3) is 0 Å². The monoisotopic (exact) mass is 261 g/mol. The van der Waals surface area contributed by atoms with E-state index in [2.05, 4.69) is 47.0 Å². The smallest absolute Gasteiger partial charge is 0.0492 e. The average molecular weight is 261 g/mol. The number of hydrogen-bond acceptors (Lipinski definition) is 3. The highest BCUT2D eigenvalue weighted by Gasteiger charge is 1.98. The Morgan fingerprint density at radius 1 is 1.22 bits per heavy atom. The number of nitrogens with one attached hydrogen (secondary N) is 1. The maximum Gasteiger partial charge on any atom is 0.0492 e. The molecule has 18 heavy (non-hydrogen) atoms. The van der Waals surface area contributed by atoms with E-state index in [4.69, 9.17) is 0 Å². The molecule has 0 radical (unpaired) electrons. The van der Waals surface area contributed by atoms with Gasteiger partial charge in [0.1, 0.15) is 0 Å². The fourth-order valence-corrected chi connectivity index (χ4v) is 2.25. The summed E-state index contributed by atoms with van der Waals surface area (Å²) >= 11 is 1.78. The molecule has 0 aliphatic carbocycles. The van der Waals surface area contributed by atoms with Gasteiger partial charge in [-0.25, -0.2) is 0 Å². The van der Waals surface area contributed by atoms with Crippen LogP contribution in [0.15, 0.2) is 41.4 Å². The maximum atomic E-state index is 4.16. The molecule has 0 aliphatic rings. The van der Waals surface area contributed by atoms with Crippen molar-refractivity contribution in [1.29, 1.82) is 0 Å². The Balaban J connectivity index is 1.73. The first-order chi connectivity index (χ1) is 8.79. The summed E-state index contributed by atoms with van der Waals surface area (Å²) in [5.41, 5.74) is 2.60. The summed E-state index contributed by atoms with van der Waals surface area (Å²) in [5.74, 6) is 0. The summed E-state index contributed by atoms with van der Waals surface area (Å²) in [6.07, 6.45) is 4.96. The van der Waals surface area contributed by atoms with Crippen molar-refractivity contribution in [3.8, 4) is 0 Å². The predicted molar refractivity (Wildman–Crippen MR) is 76.8 cm³/mol. The molecule has 1 N–H and O–H groups in total. The molecule has 1 aromatic heterocycles. The zero-order valence-corrected chi connectivity index (χ0v) is 11.7. The number of rotatable bonds is 6.